The second kappa shape index (κ2) is 6.05. The molecule has 0 amide bonds. The van der Waals surface area contributed by atoms with Gasteiger partial charge in [0.2, 0.25) is 10.0 Å². The number of sulfonamides is 1. The molecule has 22 heavy (non-hydrogen) atoms. The lowest BCUT2D eigenvalue weighted by atomic mass is 10.2. The van der Waals surface area contributed by atoms with Gasteiger partial charge in [0.15, 0.2) is 0 Å². The van der Waals surface area contributed by atoms with Crippen LogP contribution in [0.1, 0.15) is 13.8 Å². The van der Waals surface area contributed by atoms with E-state index in [0.29, 0.717) is 6.54 Å². The van der Waals surface area contributed by atoms with E-state index >= 15 is 0 Å². The lowest BCUT2D eigenvalue weighted by Gasteiger charge is -2.36. The standard InChI is InChI=1S/C13H17F3N2O3S/c1-9-8-18(10(2)7-17-9)22(19,20)12-6-4-3-5-11(12)21-13(14,15)16/h3-6,9-10,17H,7-8H2,1-2H3. The fourth-order valence-corrected chi connectivity index (χ4v) is 4.16. The fourth-order valence-electron chi connectivity index (χ4n) is 2.32. The van der Waals surface area contributed by atoms with Crippen LogP contribution in [0.3, 0.4) is 0 Å². The Morgan fingerprint density at radius 3 is 2.55 bits per heavy atom. The van der Waals surface area contributed by atoms with Crippen LogP contribution in [0.2, 0.25) is 0 Å². The second-order valence-electron chi connectivity index (χ2n) is 5.23. The lowest BCUT2D eigenvalue weighted by Crippen LogP contribution is -2.56. The van der Waals surface area contributed by atoms with Crippen LogP contribution in [0.15, 0.2) is 29.2 Å². The van der Waals surface area contributed by atoms with E-state index in [-0.39, 0.29) is 18.6 Å². The van der Waals surface area contributed by atoms with Crippen molar-refractivity contribution in [3.05, 3.63) is 24.3 Å². The molecule has 0 radical (unpaired) electrons. The van der Waals surface area contributed by atoms with Gasteiger partial charge in [-0.15, -0.1) is 13.2 Å². The minimum atomic E-state index is -4.95. The number of alkyl halides is 3. The number of para-hydroxylation sites is 1. The SMILES string of the molecule is CC1CN(S(=O)(=O)c2ccccc2OC(F)(F)F)C(C)CN1. The van der Waals surface area contributed by atoms with Crippen LogP contribution in [0.25, 0.3) is 0 Å². The number of ether oxygens (including phenoxy) is 1. The highest BCUT2D eigenvalue weighted by molar-refractivity contribution is 7.89. The van der Waals surface area contributed by atoms with Crippen LogP contribution < -0.4 is 10.1 Å². The highest BCUT2D eigenvalue weighted by Gasteiger charge is 2.38. The molecule has 1 aromatic rings. The number of benzene rings is 1. The van der Waals surface area contributed by atoms with E-state index in [4.69, 9.17) is 0 Å². The summed E-state index contributed by atoms with van der Waals surface area (Å²) >= 11 is 0. The second-order valence-corrected chi connectivity index (χ2v) is 7.09. The summed E-state index contributed by atoms with van der Waals surface area (Å²) < 4.78 is 67.8. The highest BCUT2D eigenvalue weighted by atomic mass is 32.2. The average molecular weight is 338 g/mol. The first-order valence-corrected chi connectivity index (χ1v) is 8.15. The Kier molecular flexibility index (Phi) is 4.69. The molecule has 124 valence electrons. The third-order valence-corrected chi connectivity index (χ3v) is 5.39. The maximum absolute atomic E-state index is 12.7. The molecule has 1 heterocycles. The summed E-state index contributed by atoms with van der Waals surface area (Å²) in [6.07, 6.45) is -4.95. The lowest BCUT2D eigenvalue weighted by molar-refractivity contribution is -0.275. The van der Waals surface area contributed by atoms with Gasteiger partial charge in [0.1, 0.15) is 10.6 Å². The van der Waals surface area contributed by atoms with Gasteiger partial charge in [0, 0.05) is 25.2 Å². The summed E-state index contributed by atoms with van der Waals surface area (Å²) in [5, 5.41) is 3.12. The number of nitrogens with zero attached hydrogens (tertiary/aromatic N) is 1. The predicted molar refractivity (Wildman–Crippen MR) is 73.9 cm³/mol. The number of halogens is 3. The van der Waals surface area contributed by atoms with Crippen molar-refractivity contribution in [2.45, 2.75) is 37.2 Å². The first-order valence-electron chi connectivity index (χ1n) is 6.71. The molecule has 0 spiro atoms. The normalized spacial score (nSPS) is 24.2. The zero-order valence-corrected chi connectivity index (χ0v) is 12.9. The van der Waals surface area contributed by atoms with Gasteiger partial charge in [-0.3, -0.25) is 0 Å². The maximum Gasteiger partial charge on any atom is 0.573 e. The Morgan fingerprint density at radius 1 is 1.27 bits per heavy atom. The van der Waals surface area contributed by atoms with Crippen LogP contribution >= 0.6 is 0 Å². The maximum atomic E-state index is 12.7. The molecule has 1 aromatic carbocycles. The number of nitrogens with one attached hydrogen (secondary N) is 1. The molecule has 1 aliphatic heterocycles. The van der Waals surface area contributed by atoms with Gasteiger partial charge in [-0.05, 0) is 26.0 Å². The van der Waals surface area contributed by atoms with E-state index in [9.17, 15) is 21.6 Å². The van der Waals surface area contributed by atoms with Crippen molar-refractivity contribution in [1.82, 2.24) is 9.62 Å². The van der Waals surface area contributed by atoms with E-state index in [1.165, 1.54) is 16.4 Å². The predicted octanol–water partition coefficient (Wildman–Crippen LogP) is 1.96. The van der Waals surface area contributed by atoms with Crippen molar-refractivity contribution in [3.63, 3.8) is 0 Å². The van der Waals surface area contributed by atoms with E-state index in [2.05, 4.69) is 10.1 Å². The number of piperazine rings is 1. The molecule has 1 aliphatic rings. The Labute approximate surface area is 127 Å². The van der Waals surface area contributed by atoms with Gasteiger partial charge in [0.05, 0.1) is 0 Å². The van der Waals surface area contributed by atoms with Gasteiger partial charge in [-0.2, -0.15) is 4.31 Å². The van der Waals surface area contributed by atoms with Crippen LogP contribution in [0.5, 0.6) is 5.75 Å². The molecule has 0 bridgehead atoms. The van der Waals surface area contributed by atoms with E-state index in [1.54, 1.807) is 6.92 Å². The quantitative estimate of drug-likeness (QED) is 0.915. The zero-order chi connectivity index (χ0) is 16.5. The molecular weight excluding hydrogens is 321 g/mol. The van der Waals surface area contributed by atoms with Crippen LogP contribution in [0, 0.1) is 0 Å². The molecule has 2 unspecified atom stereocenters. The van der Waals surface area contributed by atoms with Gasteiger partial charge in [-0.1, -0.05) is 12.1 Å². The largest absolute Gasteiger partial charge is 0.573 e. The fraction of sp³-hybridized carbons (Fsp3) is 0.538. The van der Waals surface area contributed by atoms with Gasteiger partial charge in [0.25, 0.3) is 0 Å². The first kappa shape index (κ1) is 17.0. The topological polar surface area (TPSA) is 58.6 Å². The molecule has 5 nitrogen and oxygen atoms in total. The molecule has 0 aliphatic carbocycles. The zero-order valence-electron chi connectivity index (χ0n) is 12.1. The molecule has 9 heteroatoms. The van der Waals surface area contributed by atoms with Gasteiger partial charge in [-0.25, -0.2) is 8.42 Å². The summed E-state index contributed by atoms with van der Waals surface area (Å²) in [5.41, 5.74) is 0. The minimum absolute atomic E-state index is 0.0818. The summed E-state index contributed by atoms with van der Waals surface area (Å²) in [5.74, 6) is -0.714. The summed E-state index contributed by atoms with van der Waals surface area (Å²) in [7, 11) is -4.08. The van der Waals surface area contributed by atoms with Gasteiger partial charge < -0.3 is 10.1 Å². The van der Waals surface area contributed by atoms with E-state index in [1.807, 2.05) is 6.92 Å². The Hall–Kier alpha value is -1.32. The molecular formula is C13H17F3N2O3S. The third kappa shape index (κ3) is 3.71. The number of rotatable bonds is 3. The Bertz CT molecular complexity index is 634. The van der Waals surface area contributed by atoms with E-state index < -0.39 is 27.0 Å². The first-order chi connectivity index (χ1) is 10.1. The van der Waals surface area contributed by atoms with Crippen LogP contribution in [-0.2, 0) is 10.0 Å². The van der Waals surface area contributed by atoms with Gasteiger partial charge >= 0.3 is 6.36 Å². The Balaban J connectivity index is 2.41. The number of hydrogen-bond donors (Lipinski definition) is 1. The van der Waals surface area contributed by atoms with Crippen molar-refractivity contribution in [2.24, 2.45) is 0 Å². The smallest absolute Gasteiger partial charge is 0.404 e. The monoisotopic (exact) mass is 338 g/mol. The average Bonchev–Trinajstić information content (AvgIpc) is 2.40. The third-order valence-electron chi connectivity index (χ3n) is 3.37. The molecule has 1 fully saturated rings. The molecule has 1 N–H and O–H groups in total. The van der Waals surface area contributed by atoms with Crippen molar-refractivity contribution in [3.8, 4) is 5.75 Å². The summed E-state index contributed by atoms with van der Waals surface area (Å²) in [6, 6.07) is 4.34. The van der Waals surface area contributed by atoms with Crippen LogP contribution in [-0.4, -0.2) is 44.3 Å². The van der Waals surface area contributed by atoms with Crippen molar-refractivity contribution < 1.29 is 26.3 Å². The minimum Gasteiger partial charge on any atom is -0.404 e. The van der Waals surface area contributed by atoms with Crippen molar-refractivity contribution in [1.29, 1.82) is 0 Å². The Morgan fingerprint density at radius 2 is 1.91 bits per heavy atom. The summed E-state index contributed by atoms with van der Waals surface area (Å²) in [4.78, 5) is -0.478. The molecule has 2 rings (SSSR count). The van der Waals surface area contributed by atoms with E-state index in [0.717, 1.165) is 12.1 Å². The molecule has 0 aromatic heterocycles. The molecule has 0 saturated carbocycles. The van der Waals surface area contributed by atoms with Crippen LogP contribution in [0.4, 0.5) is 13.2 Å². The summed E-state index contributed by atoms with van der Waals surface area (Å²) in [6.45, 7) is 4.13. The number of hydrogen-bond acceptors (Lipinski definition) is 4. The van der Waals surface area contributed by atoms with Crippen molar-refractivity contribution >= 4 is 10.0 Å². The van der Waals surface area contributed by atoms with Crippen molar-refractivity contribution in [2.75, 3.05) is 13.1 Å². The highest BCUT2D eigenvalue weighted by Crippen LogP contribution is 2.32. The molecule has 1 saturated heterocycles. The molecule has 2 atom stereocenters.